The molecule has 2 atom stereocenters. The minimum atomic E-state index is -0.867. The highest BCUT2D eigenvalue weighted by atomic mass is 16.5. The minimum absolute atomic E-state index is 0.176. The van der Waals surface area contributed by atoms with E-state index in [4.69, 9.17) is 10.5 Å². The number of primary amides is 1. The standard InChI is InChI=1S/C17H26N2O2/c1-11-8-12(2)15(13(3)9-11)17(4,16(18)20)19-10-14-6-5-7-21-14/h8-9,14,19H,5-7,10H2,1-4H3,(H2,18,20). The lowest BCUT2D eigenvalue weighted by atomic mass is 9.83. The summed E-state index contributed by atoms with van der Waals surface area (Å²) < 4.78 is 5.63. The number of hydrogen-bond donors (Lipinski definition) is 2. The highest BCUT2D eigenvalue weighted by molar-refractivity contribution is 5.86. The predicted molar refractivity (Wildman–Crippen MR) is 84.2 cm³/mol. The predicted octanol–water partition coefficient (Wildman–Crippen LogP) is 2.08. The number of carbonyl (C=O) groups is 1. The molecule has 116 valence electrons. The van der Waals surface area contributed by atoms with E-state index < -0.39 is 5.54 Å². The van der Waals surface area contributed by atoms with Crippen molar-refractivity contribution in [1.29, 1.82) is 0 Å². The molecular formula is C17H26N2O2. The fraction of sp³-hybridized carbons (Fsp3) is 0.588. The van der Waals surface area contributed by atoms with Gasteiger partial charge < -0.3 is 10.5 Å². The fourth-order valence-electron chi connectivity index (χ4n) is 3.39. The third kappa shape index (κ3) is 3.27. The molecule has 0 spiro atoms. The molecule has 4 heteroatoms. The van der Waals surface area contributed by atoms with Crippen LogP contribution in [0, 0.1) is 20.8 Å². The van der Waals surface area contributed by atoms with Crippen LogP contribution in [0.25, 0.3) is 0 Å². The normalized spacial score (nSPS) is 21.2. The smallest absolute Gasteiger partial charge is 0.242 e. The molecule has 1 heterocycles. The van der Waals surface area contributed by atoms with Gasteiger partial charge in [0, 0.05) is 13.2 Å². The number of hydrogen-bond acceptors (Lipinski definition) is 3. The summed E-state index contributed by atoms with van der Waals surface area (Å²) in [6.45, 7) is 9.45. The molecule has 4 nitrogen and oxygen atoms in total. The zero-order chi connectivity index (χ0) is 15.6. The molecule has 1 aliphatic heterocycles. The van der Waals surface area contributed by atoms with Gasteiger partial charge in [-0.1, -0.05) is 17.7 Å². The highest BCUT2D eigenvalue weighted by Gasteiger charge is 2.36. The molecule has 2 unspecified atom stereocenters. The Bertz CT molecular complexity index is 513. The first-order valence-corrected chi connectivity index (χ1v) is 7.59. The largest absolute Gasteiger partial charge is 0.377 e. The molecule has 3 N–H and O–H groups in total. The first kappa shape index (κ1) is 16.0. The molecule has 1 fully saturated rings. The van der Waals surface area contributed by atoms with Gasteiger partial charge in [0.1, 0.15) is 5.54 Å². The van der Waals surface area contributed by atoms with E-state index in [9.17, 15) is 4.79 Å². The van der Waals surface area contributed by atoms with Crippen molar-refractivity contribution in [2.45, 2.75) is 52.2 Å². The Kier molecular flexibility index (Phi) is 4.69. The van der Waals surface area contributed by atoms with E-state index in [-0.39, 0.29) is 12.0 Å². The van der Waals surface area contributed by atoms with E-state index in [1.807, 2.05) is 20.8 Å². The number of ether oxygens (including phenoxy) is 1. The molecule has 0 aliphatic carbocycles. The fourth-order valence-corrected chi connectivity index (χ4v) is 3.39. The van der Waals surface area contributed by atoms with Crippen molar-refractivity contribution >= 4 is 5.91 Å². The summed E-state index contributed by atoms with van der Waals surface area (Å²) in [4.78, 5) is 12.1. The summed E-state index contributed by atoms with van der Waals surface area (Å²) in [6.07, 6.45) is 2.30. The van der Waals surface area contributed by atoms with Crippen LogP contribution in [0.3, 0.4) is 0 Å². The number of benzene rings is 1. The summed E-state index contributed by atoms with van der Waals surface area (Å²) in [7, 11) is 0. The van der Waals surface area contributed by atoms with Gasteiger partial charge in [0.15, 0.2) is 0 Å². The maximum atomic E-state index is 12.1. The van der Waals surface area contributed by atoms with E-state index >= 15 is 0 Å². The zero-order valence-corrected chi connectivity index (χ0v) is 13.5. The van der Waals surface area contributed by atoms with Gasteiger partial charge in [-0.15, -0.1) is 0 Å². The van der Waals surface area contributed by atoms with Crippen molar-refractivity contribution in [3.63, 3.8) is 0 Å². The first-order valence-electron chi connectivity index (χ1n) is 7.59. The van der Waals surface area contributed by atoms with Crippen LogP contribution in [-0.2, 0) is 15.1 Å². The Morgan fingerprint density at radius 1 is 1.38 bits per heavy atom. The zero-order valence-electron chi connectivity index (χ0n) is 13.5. The summed E-state index contributed by atoms with van der Waals surface area (Å²) in [5, 5.41) is 3.36. The molecule has 21 heavy (non-hydrogen) atoms. The summed E-state index contributed by atoms with van der Waals surface area (Å²) in [6, 6.07) is 4.19. The quantitative estimate of drug-likeness (QED) is 0.872. The van der Waals surface area contributed by atoms with Gasteiger partial charge in [-0.2, -0.15) is 0 Å². The number of nitrogens with one attached hydrogen (secondary N) is 1. The molecule has 1 saturated heterocycles. The number of aryl methyl sites for hydroxylation is 3. The molecular weight excluding hydrogens is 264 g/mol. The third-order valence-electron chi connectivity index (χ3n) is 4.38. The molecule has 0 bridgehead atoms. The second-order valence-electron chi connectivity index (χ2n) is 6.28. The summed E-state index contributed by atoms with van der Waals surface area (Å²) in [5.74, 6) is -0.351. The Morgan fingerprint density at radius 3 is 2.48 bits per heavy atom. The van der Waals surface area contributed by atoms with Crippen LogP contribution in [0.15, 0.2) is 12.1 Å². The van der Waals surface area contributed by atoms with Crippen LogP contribution in [0.2, 0.25) is 0 Å². The van der Waals surface area contributed by atoms with Crippen molar-refractivity contribution in [2.24, 2.45) is 5.73 Å². The molecule has 1 aliphatic rings. The van der Waals surface area contributed by atoms with Crippen molar-refractivity contribution < 1.29 is 9.53 Å². The SMILES string of the molecule is Cc1cc(C)c(C(C)(NCC2CCCO2)C(N)=O)c(C)c1. The molecule has 0 radical (unpaired) electrons. The van der Waals surface area contributed by atoms with Gasteiger partial charge in [-0.05, 0) is 57.2 Å². The van der Waals surface area contributed by atoms with Crippen LogP contribution in [0.1, 0.15) is 42.0 Å². The molecule has 0 saturated carbocycles. The maximum absolute atomic E-state index is 12.1. The van der Waals surface area contributed by atoms with Gasteiger partial charge >= 0.3 is 0 Å². The van der Waals surface area contributed by atoms with Crippen LogP contribution in [0.5, 0.6) is 0 Å². The van der Waals surface area contributed by atoms with E-state index in [2.05, 4.69) is 24.4 Å². The first-order chi connectivity index (χ1) is 9.84. The van der Waals surface area contributed by atoms with Crippen LogP contribution >= 0.6 is 0 Å². The molecule has 0 aromatic heterocycles. The van der Waals surface area contributed by atoms with Crippen molar-refractivity contribution in [2.75, 3.05) is 13.2 Å². The average molecular weight is 290 g/mol. The Labute approximate surface area is 127 Å². The van der Waals surface area contributed by atoms with Crippen molar-refractivity contribution in [1.82, 2.24) is 5.32 Å². The molecule has 2 rings (SSSR count). The molecule has 1 aromatic carbocycles. The van der Waals surface area contributed by atoms with Gasteiger partial charge in [0.2, 0.25) is 5.91 Å². The lowest BCUT2D eigenvalue weighted by molar-refractivity contribution is -0.124. The van der Waals surface area contributed by atoms with E-state index in [1.54, 1.807) is 0 Å². The molecule has 1 aromatic rings. The topological polar surface area (TPSA) is 64.3 Å². The second kappa shape index (κ2) is 6.16. The van der Waals surface area contributed by atoms with Crippen molar-refractivity contribution in [3.05, 3.63) is 34.4 Å². The Balaban J connectivity index is 2.30. The summed E-state index contributed by atoms with van der Waals surface area (Å²) in [5.41, 5.74) is 9.22. The van der Waals surface area contributed by atoms with Gasteiger partial charge in [-0.3, -0.25) is 10.1 Å². The van der Waals surface area contributed by atoms with Gasteiger partial charge in [0.25, 0.3) is 0 Å². The second-order valence-corrected chi connectivity index (χ2v) is 6.28. The number of carbonyl (C=O) groups excluding carboxylic acids is 1. The lowest BCUT2D eigenvalue weighted by Crippen LogP contribution is -2.53. The maximum Gasteiger partial charge on any atom is 0.242 e. The third-order valence-corrected chi connectivity index (χ3v) is 4.38. The van der Waals surface area contributed by atoms with Gasteiger partial charge in [-0.25, -0.2) is 0 Å². The lowest BCUT2D eigenvalue weighted by Gasteiger charge is -2.32. The Hall–Kier alpha value is -1.39. The monoisotopic (exact) mass is 290 g/mol. The molecule has 1 amide bonds. The van der Waals surface area contributed by atoms with E-state index in [0.717, 1.165) is 36.1 Å². The number of nitrogens with two attached hydrogens (primary N) is 1. The van der Waals surface area contributed by atoms with E-state index in [1.165, 1.54) is 5.56 Å². The Morgan fingerprint density at radius 2 is 2.00 bits per heavy atom. The highest BCUT2D eigenvalue weighted by Crippen LogP contribution is 2.29. The number of rotatable bonds is 5. The van der Waals surface area contributed by atoms with Crippen molar-refractivity contribution in [3.8, 4) is 0 Å². The number of amides is 1. The minimum Gasteiger partial charge on any atom is -0.377 e. The van der Waals surface area contributed by atoms with E-state index in [0.29, 0.717) is 6.54 Å². The van der Waals surface area contributed by atoms with Crippen LogP contribution < -0.4 is 11.1 Å². The van der Waals surface area contributed by atoms with Gasteiger partial charge in [0.05, 0.1) is 6.10 Å². The van der Waals surface area contributed by atoms with Crippen LogP contribution in [0.4, 0.5) is 0 Å². The summed E-state index contributed by atoms with van der Waals surface area (Å²) >= 11 is 0. The van der Waals surface area contributed by atoms with Crippen LogP contribution in [-0.4, -0.2) is 25.2 Å². The average Bonchev–Trinajstić information content (AvgIpc) is 2.87.